The van der Waals surface area contributed by atoms with Crippen molar-refractivity contribution in [1.29, 1.82) is 0 Å². The predicted molar refractivity (Wildman–Crippen MR) is 378 cm³/mol. The molecule has 0 spiro atoms. The molecule has 0 radical (unpaired) electrons. The molecule has 3 heterocycles. The van der Waals surface area contributed by atoms with E-state index in [2.05, 4.69) is 303 Å². The molecule has 0 saturated heterocycles. The average molecular weight is 1180 g/mol. The third kappa shape index (κ3) is 13.3. The number of para-hydroxylation sites is 1. The van der Waals surface area contributed by atoms with Crippen molar-refractivity contribution in [2.24, 2.45) is 0 Å². The lowest BCUT2D eigenvalue weighted by atomic mass is 9.79. The van der Waals surface area contributed by atoms with Crippen molar-refractivity contribution in [2.45, 2.75) is 209 Å². The van der Waals surface area contributed by atoms with Gasteiger partial charge in [-0.05, 0) is 178 Å². The summed E-state index contributed by atoms with van der Waals surface area (Å²) in [6, 6.07) is 51.2. The summed E-state index contributed by atoms with van der Waals surface area (Å²) >= 11 is 0. The molecule has 0 aliphatic heterocycles. The number of benzene rings is 7. The van der Waals surface area contributed by atoms with Gasteiger partial charge in [-0.2, -0.15) is 0 Å². The van der Waals surface area contributed by atoms with Gasteiger partial charge >= 0.3 is 0 Å². The second-order valence-electron chi connectivity index (χ2n) is 33.4. The zero-order valence-corrected chi connectivity index (χ0v) is 57.9. The molecule has 0 amide bonds. The predicted octanol–water partition coefficient (Wildman–Crippen LogP) is 22.7. The molecule has 458 valence electrons. The molecule has 0 saturated carbocycles. The summed E-state index contributed by atoms with van der Waals surface area (Å²) in [7, 11) is 0. The molecule has 7 aromatic carbocycles. The standard InChI is InChI=1S/C82H95N7/c1-75(2,3)54-34-50(35-55(43-54)76(4,5)6)67-48-66(84-71(85-67)51-36-56(77(7,8)9)44-57(37-51)78(10,11)12)49-30-32-70(89-68-29-27-26-28-63(68)64-47-62(83-25)31-33-69(64)89)65(42-49)74-87-72(52-38-58(79(13,14)15)45-59(39-52)80(16,17)18)86-73(88-74)53-40-60(81(19,20)21)46-61(41-53)82(22,23)24/h26-48H,1-24H3. The zero-order chi connectivity index (χ0) is 65.1. The van der Waals surface area contributed by atoms with E-state index in [9.17, 15) is 0 Å². The van der Waals surface area contributed by atoms with Gasteiger partial charge in [0.15, 0.2) is 29.0 Å². The highest BCUT2D eigenvalue weighted by Gasteiger charge is 2.29. The Morgan fingerprint density at radius 2 is 0.629 bits per heavy atom. The van der Waals surface area contributed by atoms with Crippen LogP contribution in [0.5, 0.6) is 0 Å². The van der Waals surface area contributed by atoms with Crippen molar-refractivity contribution in [3.8, 4) is 73.8 Å². The Morgan fingerprint density at radius 1 is 0.292 bits per heavy atom. The molecule has 0 unspecified atom stereocenters. The summed E-state index contributed by atoms with van der Waals surface area (Å²) in [6.45, 7) is 62.9. The summed E-state index contributed by atoms with van der Waals surface area (Å²) in [5, 5.41) is 2.04. The van der Waals surface area contributed by atoms with Crippen LogP contribution in [0.2, 0.25) is 0 Å². The van der Waals surface area contributed by atoms with E-state index in [0.29, 0.717) is 29.0 Å². The summed E-state index contributed by atoms with van der Waals surface area (Å²) in [4.78, 5) is 32.3. The first-order chi connectivity index (χ1) is 41.0. The van der Waals surface area contributed by atoms with Gasteiger partial charge in [-0.1, -0.05) is 221 Å². The van der Waals surface area contributed by atoms with Crippen molar-refractivity contribution in [3.05, 3.63) is 195 Å². The summed E-state index contributed by atoms with van der Waals surface area (Å²) in [6.07, 6.45) is 0. The second kappa shape index (κ2) is 22.1. The van der Waals surface area contributed by atoms with Crippen molar-refractivity contribution < 1.29 is 0 Å². The van der Waals surface area contributed by atoms with E-state index in [-0.39, 0.29) is 43.3 Å². The third-order valence-electron chi connectivity index (χ3n) is 17.7. The Morgan fingerprint density at radius 3 is 1.01 bits per heavy atom. The molecule has 3 aromatic heterocycles. The van der Waals surface area contributed by atoms with Gasteiger partial charge in [-0.15, -0.1) is 0 Å². The Kier molecular flexibility index (Phi) is 15.9. The number of aromatic nitrogens is 6. The highest BCUT2D eigenvalue weighted by molar-refractivity contribution is 6.11. The first-order valence-corrected chi connectivity index (χ1v) is 31.9. The smallest absolute Gasteiger partial charge is 0.188 e. The Bertz CT molecular complexity index is 4130. The first kappa shape index (κ1) is 63.9. The molecule has 0 atom stereocenters. The minimum absolute atomic E-state index is 0.126. The van der Waals surface area contributed by atoms with Gasteiger partial charge in [0.2, 0.25) is 0 Å². The summed E-state index contributed by atoms with van der Waals surface area (Å²) in [5.41, 5.74) is 19.2. The average Bonchev–Trinajstić information content (AvgIpc) is 1.67. The zero-order valence-electron chi connectivity index (χ0n) is 57.9. The van der Waals surface area contributed by atoms with Crippen LogP contribution in [0.4, 0.5) is 5.69 Å². The Hall–Kier alpha value is -8.08. The number of fused-ring (bicyclic) bond motifs is 3. The molecule has 0 N–H and O–H groups in total. The highest BCUT2D eigenvalue weighted by atomic mass is 15.1. The van der Waals surface area contributed by atoms with E-state index in [1.165, 1.54) is 44.5 Å². The first-order valence-electron chi connectivity index (χ1n) is 31.9. The van der Waals surface area contributed by atoms with Crippen LogP contribution in [0.1, 0.15) is 211 Å². The van der Waals surface area contributed by atoms with E-state index >= 15 is 0 Å². The molecule has 7 heteroatoms. The molecule has 89 heavy (non-hydrogen) atoms. The van der Waals surface area contributed by atoms with Crippen LogP contribution < -0.4 is 0 Å². The van der Waals surface area contributed by atoms with E-state index in [1.807, 2.05) is 12.1 Å². The van der Waals surface area contributed by atoms with Gasteiger partial charge in [-0.3, -0.25) is 0 Å². The molecular formula is C82H95N7. The fourth-order valence-corrected chi connectivity index (χ4v) is 11.5. The van der Waals surface area contributed by atoms with Crippen LogP contribution in [-0.2, 0) is 43.3 Å². The van der Waals surface area contributed by atoms with E-state index in [0.717, 1.165) is 72.3 Å². The quantitative estimate of drug-likeness (QED) is 0.149. The topological polar surface area (TPSA) is 73.7 Å². The maximum Gasteiger partial charge on any atom is 0.188 e. The minimum atomic E-state index is -0.164. The number of nitrogens with zero attached hydrogens (tertiary/aromatic N) is 7. The number of hydrogen-bond donors (Lipinski definition) is 0. The monoisotopic (exact) mass is 1180 g/mol. The fourth-order valence-electron chi connectivity index (χ4n) is 11.5. The summed E-state index contributed by atoms with van der Waals surface area (Å²) in [5.74, 6) is 2.36. The van der Waals surface area contributed by atoms with Gasteiger partial charge < -0.3 is 4.57 Å². The Balaban J connectivity index is 1.37. The van der Waals surface area contributed by atoms with Gasteiger partial charge in [0, 0.05) is 38.8 Å². The molecule has 10 aromatic rings. The maximum absolute atomic E-state index is 8.10. The van der Waals surface area contributed by atoms with Crippen LogP contribution in [0.3, 0.4) is 0 Å². The van der Waals surface area contributed by atoms with Crippen molar-refractivity contribution in [3.63, 3.8) is 0 Å². The normalized spacial score (nSPS) is 13.2. The van der Waals surface area contributed by atoms with Crippen molar-refractivity contribution in [1.82, 2.24) is 29.5 Å². The molecule has 10 rings (SSSR count). The number of hydrogen-bond acceptors (Lipinski definition) is 5. The van der Waals surface area contributed by atoms with Gasteiger partial charge in [-0.25, -0.2) is 29.8 Å². The van der Waals surface area contributed by atoms with E-state index in [1.54, 1.807) is 0 Å². The lowest BCUT2D eigenvalue weighted by Crippen LogP contribution is -2.17. The van der Waals surface area contributed by atoms with E-state index < -0.39 is 0 Å². The van der Waals surface area contributed by atoms with Gasteiger partial charge in [0.05, 0.1) is 34.7 Å². The second-order valence-corrected chi connectivity index (χ2v) is 33.4. The van der Waals surface area contributed by atoms with Crippen LogP contribution in [0, 0.1) is 6.57 Å². The van der Waals surface area contributed by atoms with Crippen LogP contribution in [0.15, 0.2) is 140 Å². The fraction of sp³-hybridized carbons (Fsp3) is 0.390. The molecule has 0 fully saturated rings. The van der Waals surface area contributed by atoms with Crippen LogP contribution >= 0.6 is 0 Å². The SMILES string of the molecule is [C-]#[N+]c1ccc2c(c1)c1ccccc1n2-c1ccc(-c2cc(-c3cc(C(C)(C)C)cc(C(C)(C)C)c3)nc(-c3cc(C(C)(C)C)cc(C(C)(C)C)c3)n2)cc1-c1nc(-c2cc(C(C)(C)C)cc(C(C)(C)C)c2)nc(-c2cc(C(C)(C)C)cc(C(C)(C)C)c2)n1. The molecular weight excluding hydrogens is 1080 g/mol. The minimum Gasteiger partial charge on any atom is -0.309 e. The lowest BCUT2D eigenvalue weighted by molar-refractivity contribution is 0.568. The van der Waals surface area contributed by atoms with Gasteiger partial charge in [0.25, 0.3) is 0 Å². The van der Waals surface area contributed by atoms with Crippen LogP contribution in [0.25, 0.3) is 100 Å². The molecule has 0 aliphatic carbocycles. The highest BCUT2D eigenvalue weighted by Crippen LogP contribution is 2.44. The van der Waals surface area contributed by atoms with Gasteiger partial charge in [0.1, 0.15) is 0 Å². The Labute approximate surface area is 532 Å². The van der Waals surface area contributed by atoms with Crippen molar-refractivity contribution in [2.75, 3.05) is 0 Å². The molecule has 7 nitrogen and oxygen atoms in total. The largest absolute Gasteiger partial charge is 0.309 e. The third-order valence-corrected chi connectivity index (χ3v) is 17.7. The maximum atomic E-state index is 8.10. The van der Waals surface area contributed by atoms with Crippen LogP contribution in [-0.4, -0.2) is 29.5 Å². The molecule has 0 bridgehead atoms. The molecule has 0 aliphatic rings. The lowest BCUT2D eigenvalue weighted by Gasteiger charge is -2.27. The van der Waals surface area contributed by atoms with Crippen molar-refractivity contribution >= 4 is 27.5 Å². The summed E-state index contributed by atoms with van der Waals surface area (Å²) < 4.78 is 2.32. The van der Waals surface area contributed by atoms with E-state index in [4.69, 9.17) is 31.5 Å². The number of rotatable bonds is 7.